The van der Waals surface area contributed by atoms with E-state index >= 15 is 0 Å². The van der Waals surface area contributed by atoms with Gasteiger partial charge in [0.2, 0.25) is 0 Å². The third kappa shape index (κ3) is 3.32. The molecule has 1 amide bonds. The average molecular weight is 325 g/mol. The van der Waals surface area contributed by atoms with E-state index in [2.05, 4.69) is 5.32 Å². The summed E-state index contributed by atoms with van der Waals surface area (Å²) in [5, 5.41) is 13.7. The van der Waals surface area contributed by atoms with E-state index in [9.17, 15) is 14.9 Å². The maximum absolute atomic E-state index is 12.1. The Balaban J connectivity index is 2.30. The molecule has 0 spiro atoms. The molecule has 1 N–H and O–H groups in total. The SMILES string of the molecule is Cc1ccc(NC(=O)c2cccc([N+](=O)[O-])c2Cl)cc1Cl. The normalized spacial score (nSPS) is 10.2. The number of nitro benzene ring substituents is 1. The monoisotopic (exact) mass is 324 g/mol. The van der Waals surface area contributed by atoms with Crippen molar-refractivity contribution in [1.29, 1.82) is 0 Å². The molecule has 0 aliphatic carbocycles. The topological polar surface area (TPSA) is 72.2 Å². The number of anilines is 1. The number of aryl methyl sites for hydroxylation is 1. The van der Waals surface area contributed by atoms with Gasteiger partial charge in [-0.15, -0.1) is 0 Å². The lowest BCUT2D eigenvalue weighted by molar-refractivity contribution is -0.384. The second-order valence-corrected chi connectivity index (χ2v) is 5.10. The fraction of sp³-hybridized carbons (Fsp3) is 0.0714. The molecule has 0 saturated carbocycles. The van der Waals surface area contributed by atoms with Crippen LogP contribution in [-0.2, 0) is 0 Å². The van der Waals surface area contributed by atoms with Gasteiger partial charge in [-0.2, -0.15) is 0 Å². The summed E-state index contributed by atoms with van der Waals surface area (Å²) in [7, 11) is 0. The molecule has 21 heavy (non-hydrogen) atoms. The summed E-state index contributed by atoms with van der Waals surface area (Å²) in [6, 6.07) is 9.10. The van der Waals surface area contributed by atoms with E-state index in [1.54, 1.807) is 18.2 Å². The number of benzene rings is 2. The highest BCUT2D eigenvalue weighted by atomic mass is 35.5. The molecule has 0 radical (unpaired) electrons. The Morgan fingerprint density at radius 2 is 1.95 bits per heavy atom. The molecule has 0 aromatic heterocycles. The Hall–Kier alpha value is -2.11. The van der Waals surface area contributed by atoms with E-state index in [1.165, 1.54) is 18.2 Å². The van der Waals surface area contributed by atoms with E-state index in [0.717, 1.165) is 5.56 Å². The van der Waals surface area contributed by atoms with Gasteiger partial charge in [-0.05, 0) is 30.7 Å². The standard InChI is InChI=1S/C14H10Cl2N2O3/c1-8-5-6-9(7-11(8)15)17-14(19)10-3-2-4-12(13(10)16)18(20)21/h2-7H,1H3,(H,17,19). The summed E-state index contributed by atoms with van der Waals surface area (Å²) in [5.74, 6) is -0.538. The van der Waals surface area contributed by atoms with Crippen molar-refractivity contribution in [3.8, 4) is 0 Å². The molecule has 0 aliphatic heterocycles. The Bertz CT molecular complexity index is 732. The van der Waals surface area contributed by atoms with Crippen LogP contribution in [-0.4, -0.2) is 10.8 Å². The summed E-state index contributed by atoms with van der Waals surface area (Å²) in [4.78, 5) is 22.3. The summed E-state index contributed by atoms with van der Waals surface area (Å²) in [6.07, 6.45) is 0. The predicted molar refractivity (Wildman–Crippen MR) is 82.2 cm³/mol. The minimum Gasteiger partial charge on any atom is -0.322 e. The highest BCUT2D eigenvalue weighted by Crippen LogP contribution is 2.28. The molecular formula is C14H10Cl2N2O3. The Kier molecular flexibility index (Phi) is 4.45. The number of nitro groups is 1. The molecule has 2 aromatic rings. The van der Waals surface area contributed by atoms with Gasteiger partial charge < -0.3 is 5.32 Å². The predicted octanol–water partition coefficient (Wildman–Crippen LogP) is 4.46. The molecule has 108 valence electrons. The third-order valence-electron chi connectivity index (χ3n) is 2.85. The van der Waals surface area contributed by atoms with Crippen molar-refractivity contribution in [3.63, 3.8) is 0 Å². The third-order valence-corrected chi connectivity index (χ3v) is 3.65. The van der Waals surface area contributed by atoms with Crippen molar-refractivity contribution < 1.29 is 9.72 Å². The van der Waals surface area contributed by atoms with Gasteiger partial charge in [0, 0.05) is 16.8 Å². The van der Waals surface area contributed by atoms with Crippen LogP contribution in [0.15, 0.2) is 36.4 Å². The average Bonchev–Trinajstić information content (AvgIpc) is 2.42. The molecule has 0 fully saturated rings. The van der Waals surface area contributed by atoms with Gasteiger partial charge in [-0.3, -0.25) is 14.9 Å². The number of carbonyl (C=O) groups is 1. The van der Waals surface area contributed by atoms with E-state index in [0.29, 0.717) is 10.7 Å². The number of nitrogens with one attached hydrogen (secondary N) is 1. The van der Waals surface area contributed by atoms with Crippen molar-refractivity contribution in [2.45, 2.75) is 6.92 Å². The van der Waals surface area contributed by atoms with E-state index in [1.807, 2.05) is 6.92 Å². The maximum atomic E-state index is 12.1. The largest absolute Gasteiger partial charge is 0.322 e. The molecule has 7 heteroatoms. The smallest absolute Gasteiger partial charge is 0.288 e. The minimum absolute atomic E-state index is 0.0302. The molecule has 0 atom stereocenters. The number of hydrogen-bond donors (Lipinski definition) is 1. The molecular weight excluding hydrogens is 315 g/mol. The molecule has 2 aromatic carbocycles. The fourth-order valence-electron chi connectivity index (χ4n) is 1.71. The first-order valence-electron chi connectivity index (χ1n) is 5.90. The Labute approximate surface area is 130 Å². The van der Waals surface area contributed by atoms with E-state index in [-0.39, 0.29) is 16.3 Å². The van der Waals surface area contributed by atoms with Crippen LogP contribution in [0.5, 0.6) is 0 Å². The van der Waals surface area contributed by atoms with Gasteiger partial charge in [0.05, 0.1) is 10.5 Å². The highest BCUT2D eigenvalue weighted by molar-refractivity contribution is 6.36. The van der Waals surface area contributed by atoms with Crippen molar-refractivity contribution >= 4 is 40.5 Å². The van der Waals surface area contributed by atoms with Gasteiger partial charge >= 0.3 is 0 Å². The molecule has 0 aliphatic rings. The number of nitrogens with zero attached hydrogens (tertiary/aromatic N) is 1. The van der Waals surface area contributed by atoms with Gasteiger partial charge in [-0.1, -0.05) is 35.3 Å². The Morgan fingerprint density at radius 1 is 1.24 bits per heavy atom. The van der Waals surface area contributed by atoms with Crippen LogP contribution >= 0.6 is 23.2 Å². The van der Waals surface area contributed by atoms with Crippen LogP contribution in [0, 0.1) is 17.0 Å². The molecule has 0 unspecified atom stereocenters. The zero-order valence-electron chi connectivity index (χ0n) is 10.9. The first kappa shape index (κ1) is 15.3. The number of halogens is 2. The van der Waals surface area contributed by atoms with Gasteiger partial charge in [-0.25, -0.2) is 0 Å². The molecule has 2 rings (SSSR count). The zero-order valence-corrected chi connectivity index (χ0v) is 12.4. The van der Waals surface area contributed by atoms with Gasteiger partial charge in [0.1, 0.15) is 5.02 Å². The molecule has 0 saturated heterocycles. The second-order valence-electron chi connectivity index (χ2n) is 4.31. The van der Waals surface area contributed by atoms with Crippen LogP contribution in [0.2, 0.25) is 10.0 Å². The number of amides is 1. The zero-order chi connectivity index (χ0) is 15.6. The van der Waals surface area contributed by atoms with E-state index in [4.69, 9.17) is 23.2 Å². The first-order chi connectivity index (χ1) is 9.90. The second kappa shape index (κ2) is 6.11. The maximum Gasteiger partial charge on any atom is 0.288 e. The highest BCUT2D eigenvalue weighted by Gasteiger charge is 2.20. The van der Waals surface area contributed by atoms with Crippen molar-refractivity contribution in [2.24, 2.45) is 0 Å². The Morgan fingerprint density at radius 3 is 2.57 bits per heavy atom. The quantitative estimate of drug-likeness (QED) is 0.669. The summed E-state index contributed by atoms with van der Waals surface area (Å²) >= 11 is 11.9. The van der Waals surface area contributed by atoms with Crippen molar-refractivity contribution in [1.82, 2.24) is 0 Å². The minimum atomic E-state index is -0.637. The van der Waals surface area contributed by atoms with Crippen LogP contribution < -0.4 is 5.32 Å². The van der Waals surface area contributed by atoms with Crippen molar-refractivity contribution in [3.05, 3.63) is 67.7 Å². The molecule has 0 bridgehead atoms. The van der Waals surface area contributed by atoms with Gasteiger partial charge in [0.15, 0.2) is 0 Å². The summed E-state index contributed by atoms with van der Waals surface area (Å²) < 4.78 is 0. The summed E-state index contributed by atoms with van der Waals surface area (Å²) in [5.41, 5.74) is 1.08. The first-order valence-corrected chi connectivity index (χ1v) is 6.66. The lowest BCUT2D eigenvalue weighted by atomic mass is 10.1. The van der Waals surface area contributed by atoms with Crippen LogP contribution in [0.1, 0.15) is 15.9 Å². The number of rotatable bonds is 3. The van der Waals surface area contributed by atoms with Crippen molar-refractivity contribution in [2.75, 3.05) is 5.32 Å². The van der Waals surface area contributed by atoms with E-state index < -0.39 is 10.8 Å². The number of hydrogen-bond acceptors (Lipinski definition) is 3. The molecule has 0 heterocycles. The number of carbonyl (C=O) groups excluding carboxylic acids is 1. The lowest BCUT2D eigenvalue weighted by Gasteiger charge is -2.08. The van der Waals surface area contributed by atoms with Crippen LogP contribution in [0.4, 0.5) is 11.4 Å². The molecule has 5 nitrogen and oxygen atoms in total. The summed E-state index contributed by atoms with van der Waals surface area (Å²) in [6.45, 7) is 1.84. The fourth-order valence-corrected chi connectivity index (χ4v) is 2.17. The lowest BCUT2D eigenvalue weighted by Crippen LogP contribution is -2.13. The van der Waals surface area contributed by atoms with Crippen LogP contribution in [0.25, 0.3) is 0 Å². The van der Waals surface area contributed by atoms with Gasteiger partial charge in [0.25, 0.3) is 11.6 Å². The van der Waals surface area contributed by atoms with Crippen LogP contribution in [0.3, 0.4) is 0 Å².